The minimum Gasteiger partial charge on any atom is -0.458 e. The third-order valence-corrected chi connectivity index (χ3v) is 14.7. The van der Waals surface area contributed by atoms with Crippen LogP contribution in [0.15, 0.2) is 121 Å². The molecule has 0 N–H and O–H groups in total. The van der Waals surface area contributed by atoms with Gasteiger partial charge in [0.15, 0.2) is 0 Å². The lowest BCUT2D eigenvalue weighted by molar-refractivity contribution is 0.484. The molecule has 0 bridgehead atoms. The molecule has 0 saturated carbocycles. The van der Waals surface area contributed by atoms with Crippen molar-refractivity contribution in [3.8, 4) is 28.3 Å². The number of nitrogens with zero attached hydrogens (tertiary/aromatic N) is 1. The standard InChI is InChI=1S/C41H32BNOSi/c1-41(2)28-15-7-8-16-30(28)42-31-17-9-11-19-34(31)44-35-24-25(23-29(41)40(35)42)43-32-18-10-5-13-26(32)38-33(43)21-22-37-39(38)27-14-6-12-20-36(27)45(37,3)4/h5-24H,1-4H3. The molecular formula is C41H32BNOSi. The van der Waals surface area contributed by atoms with Gasteiger partial charge in [0.25, 0.3) is 6.71 Å². The summed E-state index contributed by atoms with van der Waals surface area (Å²) in [6.07, 6.45) is 0. The Morgan fingerprint density at radius 2 is 1.38 bits per heavy atom. The highest BCUT2D eigenvalue weighted by Gasteiger charge is 2.45. The molecule has 0 saturated heterocycles. The van der Waals surface area contributed by atoms with E-state index in [4.69, 9.17) is 4.74 Å². The lowest BCUT2D eigenvalue weighted by atomic mass is 9.30. The van der Waals surface area contributed by atoms with Crippen molar-refractivity contribution in [3.05, 3.63) is 132 Å². The van der Waals surface area contributed by atoms with Gasteiger partial charge >= 0.3 is 0 Å². The van der Waals surface area contributed by atoms with Crippen molar-refractivity contribution in [2.45, 2.75) is 32.4 Å². The number of fused-ring (bicyclic) bond motifs is 11. The molecule has 7 aromatic rings. The normalized spacial score (nSPS) is 16.0. The molecule has 0 unspecified atom stereocenters. The van der Waals surface area contributed by atoms with Crippen LogP contribution in [0.2, 0.25) is 13.1 Å². The third-order valence-electron chi connectivity index (χ3n) is 11.1. The van der Waals surface area contributed by atoms with Gasteiger partial charge in [-0.25, -0.2) is 0 Å². The summed E-state index contributed by atoms with van der Waals surface area (Å²) in [4.78, 5) is 0. The minimum absolute atomic E-state index is 0.156. The third kappa shape index (κ3) is 3.10. The Morgan fingerprint density at radius 3 is 2.27 bits per heavy atom. The van der Waals surface area contributed by atoms with Gasteiger partial charge in [-0.15, -0.1) is 0 Å². The fourth-order valence-corrected chi connectivity index (χ4v) is 12.1. The maximum Gasteiger partial charge on any atom is 0.251 e. The Kier molecular flexibility index (Phi) is 4.80. The predicted molar refractivity (Wildman–Crippen MR) is 193 cm³/mol. The SMILES string of the molecule is CC1(C)c2ccccc2B2c3ccccc3Oc3cc(-n4c5ccccc5c5c6c(ccc54)[Si](C)(C)c4ccccc4-6)cc1c32. The van der Waals surface area contributed by atoms with Crippen LogP contribution < -0.4 is 31.5 Å². The summed E-state index contributed by atoms with van der Waals surface area (Å²) in [5.41, 5.74) is 13.0. The van der Waals surface area contributed by atoms with Crippen molar-refractivity contribution >= 4 is 63.4 Å². The maximum atomic E-state index is 6.84. The number of para-hydroxylation sites is 2. The number of ether oxygens (including phenoxy) is 1. The molecule has 0 radical (unpaired) electrons. The second kappa shape index (κ2) is 8.47. The van der Waals surface area contributed by atoms with Crippen LogP contribution in [0.3, 0.4) is 0 Å². The summed E-state index contributed by atoms with van der Waals surface area (Å²) in [6.45, 7) is 9.92. The van der Waals surface area contributed by atoms with Crippen LogP contribution in [0.4, 0.5) is 0 Å². The molecule has 1 aromatic heterocycles. The summed E-state index contributed by atoms with van der Waals surface area (Å²) in [5, 5.41) is 5.76. The lowest BCUT2D eigenvalue weighted by Gasteiger charge is -2.42. The van der Waals surface area contributed by atoms with Crippen LogP contribution in [0.1, 0.15) is 25.0 Å². The van der Waals surface area contributed by atoms with Crippen molar-refractivity contribution in [1.29, 1.82) is 0 Å². The number of aromatic nitrogens is 1. The first-order chi connectivity index (χ1) is 21.9. The molecule has 6 aromatic carbocycles. The van der Waals surface area contributed by atoms with Crippen molar-refractivity contribution in [2.24, 2.45) is 0 Å². The number of hydrogen-bond acceptors (Lipinski definition) is 1. The number of rotatable bonds is 1. The van der Waals surface area contributed by atoms with E-state index in [9.17, 15) is 0 Å². The first-order valence-corrected chi connectivity index (χ1v) is 19.1. The van der Waals surface area contributed by atoms with E-state index in [0.717, 1.165) is 17.2 Å². The molecule has 2 nitrogen and oxygen atoms in total. The minimum atomic E-state index is -1.81. The van der Waals surface area contributed by atoms with E-state index >= 15 is 0 Å². The Hall–Kier alpha value is -4.80. The molecule has 4 heteroatoms. The Balaban J connectivity index is 1.31. The van der Waals surface area contributed by atoms with Crippen LogP contribution in [0, 0.1) is 0 Å². The van der Waals surface area contributed by atoms with Gasteiger partial charge in [0.2, 0.25) is 0 Å². The van der Waals surface area contributed by atoms with E-state index in [2.05, 4.69) is 153 Å². The zero-order chi connectivity index (χ0) is 30.2. The van der Waals surface area contributed by atoms with Crippen LogP contribution in [-0.2, 0) is 5.41 Å². The highest BCUT2D eigenvalue weighted by molar-refractivity contribution is 7.04. The average molecular weight is 594 g/mol. The van der Waals surface area contributed by atoms with E-state index in [1.165, 1.54) is 60.4 Å². The summed E-state index contributed by atoms with van der Waals surface area (Å²) in [6, 6.07) is 45.3. The van der Waals surface area contributed by atoms with E-state index < -0.39 is 8.07 Å². The summed E-state index contributed by atoms with van der Waals surface area (Å²) < 4.78 is 9.33. The Labute approximate surface area is 265 Å². The smallest absolute Gasteiger partial charge is 0.251 e. The summed E-state index contributed by atoms with van der Waals surface area (Å²) in [7, 11) is -1.81. The molecule has 3 aliphatic heterocycles. The summed E-state index contributed by atoms with van der Waals surface area (Å²) >= 11 is 0. The molecule has 214 valence electrons. The molecule has 45 heavy (non-hydrogen) atoms. The first-order valence-electron chi connectivity index (χ1n) is 16.1. The fourth-order valence-electron chi connectivity index (χ4n) is 9.04. The highest BCUT2D eigenvalue weighted by Crippen LogP contribution is 2.44. The molecule has 0 fully saturated rings. The van der Waals surface area contributed by atoms with Gasteiger partial charge in [-0.3, -0.25) is 0 Å². The van der Waals surface area contributed by atoms with Gasteiger partial charge in [0.1, 0.15) is 19.6 Å². The van der Waals surface area contributed by atoms with Gasteiger partial charge in [-0.2, -0.15) is 0 Å². The van der Waals surface area contributed by atoms with Gasteiger partial charge < -0.3 is 9.30 Å². The molecule has 4 heterocycles. The van der Waals surface area contributed by atoms with Gasteiger partial charge in [-0.1, -0.05) is 123 Å². The van der Waals surface area contributed by atoms with Crippen molar-refractivity contribution < 1.29 is 4.74 Å². The Morgan fingerprint density at radius 1 is 0.644 bits per heavy atom. The fraction of sp³-hybridized carbons (Fsp3) is 0.122. The maximum absolute atomic E-state index is 6.84. The van der Waals surface area contributed by atoms with Crippen LogP contribution in [0.5, 0.6) is 11.5 Å². The Bertz CT molecular complexity index is 2430. The van der Waals surface area contributed by atoms with E-state index in [0.29, 0.717) is 0 Å². The zero-order valence-corrected chi connectivity index (χ0v) is 27.0. The highest BCUT2D eigenvalue weighted by atomic mass is 28.3. The molecule has 0 amide bonds. The van der Waals surface area contributed by atoms with Crippen LogP contribution >= 0.6 is 0 Å². The van der Waals surface area contributed by atoms with Crippen LogP contribution in [0.25, 0.3) is 38.6 Å². The van der Waals surface area contributed by atoms with Crippen LogP contribution in [-0.4, -0.2) is 19.4 Å². The van der Waals surface area contributed by atoms with Crippen molar-refractivity contribution in [1.82, 2.24) is 4.57 Å². The molecule has 0 spiro atoms. The zero-order valence-electron chi connectivity index (χ0n) is 26.0. The van der Waals surface area contributed by atoms with Gasteiger partial charge in [-0.05, 0) is 67.8 Å². The topological polar surface area (TPSA) is 14.2 Å². The molecule has 0 aliphatic carbocycles. The van der Waals surface area contributed by atoms with Crippen molar-refractivity contribution in [2.75, 3.05) is 0 Å². The first kappa shape index (κ1) is 25.5. The predicted octanol–water partition coefficient (Wildman–Crippen LogP) is 6.85. The molecule has 10 rings (SSSR count). The number of hydrogen-bond donors (Lipinski definition) is 0. The lowest BCUT2D eigenvalue weighted by Crippen LogP contribution is -2.62. The van der Waals surface area contributed by atoms with Gasteiger partial charge in [0, 0.05) is 22.3 Å². The number of benzene rings is 6. The summed E-state index contributed by atoms with van der Waals surface area (Å²) in [5.74, 6) is 1.93. The second-order valence-electron chi connectivity index (χ2n) is 14.1. The quantitative estimate of drug-likeness (QED) is 0.190. The van der Waals surface area contributed by atoms with E-state index in [1.54, 1.807) is 10.4 Å². The monoisotopic (exact) mass is 593 g/mol. The molecular weight excluding hydrogens is 561 g/mol. The van der Waals surface area contributed by atoms with E-state index in [1.807, 2.05) is 0 Å². The van der Waals surface area contributed by atoms with E-state index in [-0.39, 0.29) is 12.1 Å². The van der Waals surface area contributed by atoms with Crippen molar-refractivity contribution in [3.63, 3.8) is 0 Å². The molecule has 0 atom stereocenters. The second-order valence-corrected chi connectivity index (χ2v) is 18.4. The van der Waals surface area contributed by atoms with Gasteiger partial charge in [0.05, 0.1) is 16.7 Å². The average Bonchev–Trinajstić information content (AvgIpc) is 3.51. The molecule has 3 aliphatic rings. The largest absolute Gasteiger partial charge is 0.458 e.